The zero-order valence-electron chi connectivity index (χ0n) is 10.1. The highest BCUT2D eigenvalue weighted by Gasteiger charge is 2.04. The van der Waals surface area contributed by atoms with Crippen molar-refractivity contribution in [2.24, 2.45) is 0 Å². The van der Waals surface area contributed by atoms with Crippen LogP contribution >= 0.6 is 15.9 Å². The summed E-state index contributed by atoms with van der Waals surface area (Å²) < 4.78 is 2.95. The average Bonchev–Trinajstić information content (AvgIpc) is 2.73. The van der Waals surface area contributed by atoms with E-state index in [1.54, 1.807) is 0 Å². The Hall–Kier alpha value is -1.13. The zero-order chi connectivity index (χ0) is 12.3. The third-order valence-corrected chi connectivity index (χ3v) is 3.18. The smallest absolute Gasteiger partial charge is 0.0787 e. The Bertz CT molecular complexity index is 505. The van der Waals surface area contributed by atoms with E-state index in [2.05, 4.69) is 51.5 Å². The zero-order valence-corrected chi connectivity index (χ0v) is 11.7. The normalized spacial score (nSPS) is 10.8. The van der Waals surface area contributed by atoms with Crippen molar-refractivity contribution in [2.45, 2.75) is 20.4 Å². The Morgan fingerprint density at radius 2 is 2.24 bits per heavy atom. The number of nitrogens with one attached hydrogen (secondary N) is 1. The van der Waals surface area contributed by atoms with Crippen LogP contribution in [0.5, 0.6) is 0 Å². The average molecular weight is 294 g/mol. The summed E-state index contributed by atoms with van der Waals surface area (Å²) in [4.78, 5) is 0. The fourth-order valence-electron chi connectivity index (χ4n) is 1.66. The van der Waals surface area contributed by atoms with Gasteiger partial charge in [0.25, 0.3) is 0 Å². The van der Waals surface area contributed by atoms with Crippen molar-refractivity contribution in [1.29, 1.82) is 0 Å². The lowest BCUT2D eigenvalue weighted by Crippen LogP contribution is -2.11. The van der Waals surface area contributed by atoms with Gasteiger partial charge in [0.1, 0.15) is 0 Å². The Balaban J connectivity index is 2.25. The van der Waals surface area contributed by atoms with E-state index >= 15 is 0 Å². The van der Waals surface area contributed by atoms with Crippen LogP contribution in [0.15, 0.2) is 35.1 Å². The van der Waals surface area contributed by atoms with Gasteiger partial charge in [0, 0.05) is 17.2 Å². The minimum absolute atomic E-state index is 0.896. The van der Waals surface area contributed by atoms with Crippen LogP contribution < -0.4 is 5.32 Å². The van der Waals surface area contributed by atoms with Crippen LogP contribution in [0.4, 0.5) is 0 Å². The molecule has 0 fully saturated rings. The lowest BCUT2D eigenvalue weighted by molar-refractivity contribution is 0.726. The molecule has 0 radical (unpaired) electrons. The Kier molecular flexibility index (Phi) is 3.97. The lowest BCUT2D eigenvalue weighted by atomic mass is 10.2. The first kappa shape index (κ1) is 12.3. The number of aromatic nitrogens is 2. The third kappa shape index (κ3) is 2.96. The molecule has 2 aromatic rings. The maximum atomic E-state index is 4.31. The summed E-state index contributed by atoms with van der Waals surface area (Å²) in [6, 6.07) is 6.35. The predicted molar refractivity (Wildman–Crippen MR) is 73.4 cm³/mol. The first-order chi connectivity index (χ1) is 8.20. The predicted octanol–water partition coefficient (Wildman–Crippen LogP) is 3.05. The van der Waals surface area contributed by atoms with Gasteiger partial charge >= 0.3 is 0 Å². The molecule has 1 aromatic heterocycles. The Morgan fingerprint density at radius 1 is 1.41 bits per heavy atom. The van der Waals surface area contributed by atoms with Gasteiger partial charge in [-0.1, -0.05) is 13.0 Å². The summed E-state index contributed by atoms with van der Waals surface area (Å²) in [7, 11) is 0. The van der Waals surface area contributed by atoms with Gasteiger partial charge in [-0.25, -0.2) is 4.68 Å². The van der Waals surface area contributed by atoms with E-state index in [0.717, 1.165) is 28.8 Å². The van der Waals surface area contributed by atoms with Crippen LogP contribution in [-0.2, 0) is 6.54 Å². The Morgan fingerprint density at radius 3 is 2.82 bits per heavy atom. The molecule has 0 aliphatic rings. The van der Waals surface area contributed by atoms with Gasteiger partial charge in [0.2, 0.25) is 0 Å². The lowest BCUT2D eigenvalue weighted by Gasteiger charge is -2.07. The van der Waals surface area contributed by atoms with Gasteiger partial charge in [-0.05, 0) is 52.7 Å². The van der Waals surface area contributed by atoms with Crippen LogP contribution in [0.25, 0.3) is 5.69 Å². The second kappa shape index (κ2) is 5.47. The molecule has 4 heteroatoms. The van der Waals surface area contributed by atoms with Gasteiger partial charge in [0.15, 0.2) is 0 Å². The summed E-state index contributed by atoms with van der Waals surface area (Å²) in [5.74, 6) is 0. The monoisotopic (exact) mass is 293 g/mol. The van der Waals surface area contributed by atoms with Gasteiger partial charge < -0.3 is 5.32 Å². The van der Waals surface area contributed by atoms with Crippen LogP contribution in [0.1, 0.15) is 18.1 Å². The molecule has 0 aliphatic carbocycles. The summed E-state index contributed by atoms with van der Waals surface area (Å²) in [6.07, 6.45) is 3.88. The first-order valence-electron chi connectivity index (χ1n) is 5.71. The van der Waals surface area contributed by atoms with Gasteiger partial charge in [-0.2, -0.15) is 5.10 Å². The van der Waals surface area contributed by atoms with Crippen molar-refractivity contribution >= 4 is 15.9 Å². The molecule has 2 rings (SSSR count). The minimum atomic E-state index is 0.896. The van der Waals surface area contributed by atoms with E-state index < -0.39 is 0 Å². The highest BCUT2D eigenvalue weighted by atomic mass is 79.9. The van der Waals surface area contributed by atoms with Crippen molar-refractivity contribution in [1.82, 2.24) is 15.1 Å². The molecule has 3 nitrogen and oxygen atoms in total. The van der Waals surface area contributed by atoms with E-state index in [-0.39, 0.29) is 0 Å². The van der Waals surface area contributed by atoms with Gasteiger partial charge in [-0.3, -0.25) is 0 Å². The number of halogens is 1. The van der Waals surface area contributed by atoms with Crippen molar-refractivity contribution < 1.29 is 0 Å². The summed E-state index contributed by atoms with van der Waals surface area (Å²) in [5.41, 5.74) is 3.50. The molecule has 1 aromatic carbocycles. The van der Waals surface area contributed by atoms with Gasteiger partial charge in [-0.15, -0.1) is 0 Å². The molecular formula is C13H16BrN3. The molecule has 0 unspecified atom stereocenters. The molecule has 0 atom stereocenters. The molecular weight excluding hydrogens is 278 g/mol. The second-order valence-corrected chi connectivity index (χ2v) is 4.88. The second-order valence-electron chi connectivity index (χ2n) is 4.03. The van der Waals surface area contributed by atoms with Crippen LogP contribution in [-0.4, -0.2) is 16.3 Å². The molecule has 0 saturated carbocycles. The van der Waals surface area contributed by atoms with Crippen molar-refractivity contribution in [3.8, 4) is 5.69 Å². The highest BCUT2D eigenvalue weighted by Crippen LogP contribution is 2.22. The van der Waals surface area contributed by atoms with Crippen LogP contribution in [0, 0.1) is 6.92 Å². The molecule has 0 aliphatic heterocycles. The van der Waals surface area contributed by atoms with E-state index in [4.69, 9.17) is 0 Å². The molecule has 17 heavy (non-hydrogen) atoms. The Labute approximate surface area is 110 Å². The van der Waals surface area contributed by atoms with Crippen LogP contribution in [0.2, 0.25) is 0 Å². The van der Waals surface area contributed by atoms with Crippen LogP contribution in [0.3, 0.4) is 0 Å². The SMILES string of the molecule is CCNCc1ccc(-n2cc(C)cn2)c(Br)c1. The number of benzene rings is 1. The number of aryl methyl sites for hydroxylation is 1. The molecule has 1 N–H and O–H groups in total. The standard InChI is InChI=1S/C13H16BrN3/c1-3-15-8-11-4-5-13(12(14)6-11)17-9-10(2)7-16-17/h4-7,9,15H,3,8H2,1-2H3. The molecule has 1 heterocycles. The number of nitrogens with zero attached hydrogens (tertiary/aromatic N) is 2. The fraction of sp³-hybridized carbons (Fsp3) is 0.308. The van der Waals surface area contributed by atoms with E-state index in [1.165, 1.54) is 5.56 Å². The molecule has 0 amide bonds. The number of rotatable bonds is 4. The third-order valence-electron chi connectivity index (χ3n) is 2.55. The summed E-state index contributed by atoms with van der Waals surface area (Å²) in [5, 5.41) is 7.62. The molecule has 0 spiro atoms. The molecule has 0 bridgehead atoms. The fourth-order valence-corrected chi connectivity index (χ4v) is 2.27. The molecule has 0 saturated heterocycles. The van der Waals surface area contributed by atoms with E-state index in [0.29, 0.717) is 0 Å². The van der Waals surface area contributed by atoms with E-state index in [1.807, 2.05) is 24.0 Å². The minimum Gasteiger partial charge on any atom is -0.313 e. The number of hydrogen-bond acceptors (Lipinski definition) is 2. The van der Waals surface area contributed by atoms with E-state index in [9.17, 15) is 0 Å². The summed E-state index contributed by atoms with van der Waals surface area (Å²) >= 11 is 3.60. The number of hydrogen-bond donors (Lipinski definition) is 1. The summed E-state index contributed by atoms with van der Waals surface area (Å²) in [6.45, 7) is 6.03. The maximum absolute atomic E-state index is 4.31. The van der Waals surface area contributed by atoms with Crippen molar-refractivity contribution in [3.63, 3.8) is 0 Å². The van der Waals surface area contributed by atoms with Crippen molar-refractivity contribution in [3.05, 3.63) is 46.2 Å². The topological polar surface area (TPSA) is 29.9 Å². The highest BCUT2D eigenvalue weighted by molar-refractivity contribution is 9.10. The van der Waals surface area contributed by atoms with Gasteiger partial charge in [0.05, 0.1) is 11.9 Å². The largest absolute Gasteiger partial charge is 0.313 e. The molecule has 90 valence electrons. The maximum Gasteiger partial charge on any atom is 0.0787 e. The van der Waals surface area contributed by atoms with Crippen molar-refractivity contribution in [2.75, 3.05) is 6.54 Å². The first-order valence-corrected chi connectivity index (χ1v) is 6.51. The quantitative estimate of drug-likeness (QED) is 0.939.